The molecule has 0 aliphatic heterocycles. The van der Waals surface area contributed by atoms with Crippen LogP contribution in [0.4, 0.5) is 0 Å². The van der Waals surface area contributed by atoms with Crippen molar-refractivity contribution in [3.05, 3.63) is 28.8 Å². The van der Waals surface area contributed by atoms with Gasteiger partial charge in [-0.2, -0.15) is 0 Å². The molecule has 0 aliphatic rings. The number of hydrogen-bond acceptors (Lipinski definition) is 3. The smallest absolute Gasteiger partial charge is 0.248 e. The van der Waals surface area contributed by atoms with Crippen LogP contribution in [0.5, 0.6) is 5.75 Å². The van der Waals surface area contributed by atoms with E-state index in [4.69, 9.17) is 27.8 Å². The molecule has 0 aromatic heterocycles. The highest BCUT2D eigenvalue weighted by atomic mass is 35.5. The van der Waals surface area contributed by atoms with E-state index in [0.717, 1.165) is 0 Å². The zero-order chi connectivity index (χ0) is 12.3. The molecule has 1 aromatic rings. The quantitative estimate of drug-likeness (QED) is 0.841. The average molecular weight is 243 g/mol. The second-order valence-electron chi connectivity index (χ2n) is 4.29. The molecule has 1 amide bonds. The monoisotopic (exact) mass is 242 g/mol. The summed E-state index contributed by atoms with van der Waals surface area (Å²) in [4.78, 5) is 10.9. The normalized spacial score (nSPS) is 11.2. The van der Waals surface area contributed by atoms with E-state index >= 15 is 0 Å². The highest BCUT2D eigenvalue weighted by molar-refractivity contribution is 6.32. The molecule has 0 bridgehead atoms. The van der Waals surface area contributed by atoms with Gasteiger partial charge in [-0.05, 0) is 32.0 Å². The fourth-order valence-corrected chi connectivity index (χ4v) is 1.27. The van der Waals surface area contributed by atoms with Gasteiger partial charge in [0, 0.05) is 11.1 Å². The Morgan fingerprint density at radius 1 is 1.50 bits per heavy atom. The largest absolute Gasteiger partial charge is 0.490 e. The number of hydrogen-bond donors (Lipinski definition) is 2. The molecule has 0 unspecified atom stereocenters. The lowest BCUT2D eigenvalue weighted by Gasteiger charge is -2.19. The van der Waals surface area contributed by atoms with E-state index in [1.54, 1.807) is 12.1 Å². The molecule has 0 heterocycles. The maximum absolute atomic E-state index is 10.9. The van der Waals surface area contributed by atoms with E-state index in [1.165, 1.54) is 6.07 Å². The fraction of sp³-hybridized carbons (Fsp3) is 0.364. The van der Waals surface area contributed by atoms with E-state index in [9.17, 15) is 4.79 Å². The van der Waals surface area contributed by atoms with Gasteiger partial charge in [0.25, 0.3) is 0 Å². The minimum atomic E-state index is -0.521. The van der Waals surface area contributed by atoms with Crippen molar-refractivity contribution in [2.24, 2.45) is 11.5 Å². The first-order chi connectivity index (χ1) is 7.29. The number of halogens is 1. The summed E-state index contributed by atoms with van der Waals surface area (Å²) in [5.74, 6) is -0.0298. The van der Waals surface area contributed by atoms with Crippen LogP contribution in [-0.2, 0) is 0 Å². The van der Waals surface area contributed by atoms with Gasteiger partial charge in [-0.1, -0.05) is 11.6 Å². The summed E-state index contributed by atoms with van der Waals surface area (Å²) in [6, 6.07) is 4.64. The second-order valence-corrected chi connectivity index (χ2v) is 4.69. The van der Waals surface area contributed by atoms with Crippen molar-refractivity contribution in [3.63, 3.8) is 0 Å². The van der Waals surface area contributed by atoms with E-state index in [1.807, 2.05) is 13.8 Å². The van der Waals surface area contributed by atoms with Crippen molar-refractivity contribution in [2.75, 3.05) is 6.61 Å². The van der Waals surface area contributed by atoms with Gasteiger partial charge in [0.1, 0.15) is 12.4 Å². The molecule has 0 spiro atoms. The van der Waals surface area contributed by atoms with Gasteiger partial charge < -0.3 is 16.2 Å². The number of ether oxygens (including phenoxy) is 1. The van der Waals surface area contributed by atoms with Crippen LogP contribution in [0, 0.1) is 0 Å². The van der Waals surface area contributed by atoms with Crippen molar-refractivity contribution in [1.82, 2.24) is 0 Å². The highest BCUT2D eigenvalue weighted by Gasteiger charge is 2.13. The number of rotatable bonds is 4. The van der Waals surface area contributed by atoms with Crippen LogP contribution in [0.1, 0.15) is 24.2 Å². The predicted octanol–water partition coefficient (Wildman–Crippen LogP) is 1.55. The zero-order valence-corrected chi connectivity index (χ0v) is 10.0. The van der Waals surface area contributed by atoms with Crippen molar-refractivity contribution in [3.8, 4) is 5.75 Å². The molecule has 0 aliphatic carbocycles. The number of amides is 1. The lowest BCUT2D eigenvalue weighted by Crippen LogP contribution is -2.38. The molecule has 0 atom stereocenters. The second kappa shape index (κ2) is 4.72. The van der Waals surface area contributed by atoms with Crippen molar-refractivity contribution in [1.29, 1.82) is 0 Å². The van der Waals surface area contributed by atoms with E-state index in [-0.39, 0.29) is 0 Å². The molecular weight excluding hydrogens is 228 g/mol. The number of carbonyl (C=O) groups is 1. The Balaban J connectivity index is 2.80. The first kappa shape index (κ1) is 12.8. The Morgan fingerprint density at radius 3 is 2.56 bits per heavy atom. The molecule has 1 aromatic carbocycles. The fourth-order valence-electron chi connectivity index (χ4n) is 1.03. The van der Waals surface area contributed by atoms with Gasteiger partial charge in [-0.25, -0.2) is 0 Å². The summed E-state index contributed by atoms with van der Waals surface area (Å²) in [7, 11) is 0. The molecule has 0 radical (unpaired) electrons. The van der Waals surface area contributed by atoms with Crippen LogP contribution in [0.25, 0.3) is 0 Å². The number of carbonyl (C=O) groups excluding carboxylic acids is 1. The maximum atomic E-state index is 10.9. The molecule has 4 nitrogen and oxygen atoms in total. The minimum absolute atomic E-state index is 0.336. The predicted molar refractivity (Wildman–Crippen MR) is 63.7 cm³/mol. The van der Waals surface area contributed by atoms with Crippen molar-refractivity contribution in [2.45, 2.75) is 19.4 Å². The standard InChI is InChI=1S/C11H15ClN2O2/c1-11(2,14)6-16-9-4-3-7(10(13)15)5-8(9)12/h3-5H,6,14H2,1-2H3,(H2,13,15). The van der Waals surface area contributed by atoms with Crippen LogP contribution >= 0.6 is 11.6 Å². The van der Waals surface area contributed by atoms with Gasteiger partial charge >= 0.3 is 0 Å². The van der Waals surface area contributed by atoms with E-state index in [2.05, 4.69) is 0 Å². The highest BCUT2D eigenvalue weighted by Crippen LogP contribution is 2.25. The molecule has 0 saturated carbocycles. The SMILES string of the molecule is CC(C)(N)COc1ccc(C(N)=O)cc1Cl. The summed E-state index contributed by atoms with van der Waals surface area (Å²) in [6.45, 7) is 4.03. The Morgan fingerprint density at radius 2 is 2.12 bits per heavy atom. The zero-order valence-electron chi connectivity index (χ0n) is 9.29. The van der Waals surface area contributed by atoms with Crippen LogP contribution in [0.15, 0.2) is 18.2 Å². The molecule has 4 N–H and O–H groups in total. The first-order valence-electron chi connectivity index (χ1n) is 4.80. The van der Waals surface area contributed by atoms with Crippen molar-refractivity contribution < 1.29 is 9.53 Å². The lowest BCUT2D eigenvalue weighted by molar-refractivity contribution is 0.1000. The van der Waals surface area contributed by atoms with E-state index in [0.29, 0.717) is 22.9 Å². The Hall–Kier alpha value is -1.26. The summed E-state index contributed by atoms with van der Waals surface area (Å²) in [5.41, 5.74) is 10.8. The number of nitrogens with two attached hydrogens (primary N) is 2. The number of benzene rings is 1. The van der Waals surface area contributed by atoms with E-state index < -0.39 is 11.4 Å². The summed E-state index contributed by atoms with van der Waals surface area (Å²) < 4.78 is 5.43. The minimum Gasteiger partial charge on any atom is -0.490 e. The van der Waals surface area contributed by atoms with Crippen LogP contribution in [0.3, 0.4) is 0 Å². The van der Waals surface area contributed by atoms with Gasteiger partial charge in [-0.15, -0.1) is 0 Å². The van der Waals surface area contributed by atoms with Gasteiger partial charge in [0.05, 0.1) is 5.02 Å². The molecule has 5 heteroatoms. The summed E-state index contributed by atoms with van der Waals surface area (Å²) in [5, 5.41) is 0.348. The van der Waals surface area contributed by atoms with Crippen LogP contribution < -0.4 is 16.2 Å². The molecule has 1 rings (SSSR count). The summed E-state index contributed by atoms with van der Waals surface area (Å²) >= 11 is 5.93. The molecule has 16 heavy (non-hydrogen) atoms. The third-order valence-electron chi connectivity index (χ3n) is 1.82. The topological polar surface area (TPSA) is 78.3 Å². The first-order valence-corrected chi connectivity index (χ1v) is 5.18. The third-order valence-corrected chi connectivity index (χ3v) is 2.11. The van der Waals surface area contributed by atoms with Crippen LogP contribution in [0.2, 0.25) is 5.02 Å². The van der Waals surface area contributed by atoms with Gasteiger partial charge in [0.15, 0.2) is 0 Å². The van der Waals surface area contributed by atoms with Crippen LogP contribution in [-0.4, -0.2) is 18.1 Å². The molecule has 88 valence electrons. The molecule has 0 saturated heterocycles. The molecular formula is C11H15ClN2O2. The Kier molecular flexibility index (Phi) is 3.78. The van der Waals surface area contributed by atoms with Gasteiger partial charge in [-0.3, -0.25) is 4.79 Å². The summed E-state index contributed by atoms with van der Waals surface area (Å²) in [6.07, 6.45) is 0. The molecule has 0 fully saturated rings. The number of primary amides is 1. The Labute approximate surface area is 99.5 Å². The Bertz CT molecular complexity index is 399. The average Bonchev–Trinajstić information content (AvgIpc) is 2.14. The van der Waals surface area contributed by atoms with Gasteiger partial charge in [0.2, 0.25) is 5.91 Å². The third kappa shape index (κ3) is 3.72. The van der Waals surface area contributed by atoms with Crippen molar-refractivity contribution >= 4 is 17.5 Å². The maximum Gasteiger partial charge on any atom is 0.248 e. The lowest BCUT2D eigenvalue weighted by atomic mass is 10.1.